The molecule has 2 amide bonds. The Bertz CT molecular complexity index is 870. The fraction of sp³-hybridized carbons (Fsp3) is 0.400. The van der Waals surface area contributed by atoms with E-state index in [1.165, 1.54) is 23.2 Å². The molecule has 1 fully saturated rings. The monoisotopic (exact) mass is 428 g/mol. The Morgan fingerprint density at radius 1 is 1.39 bits per heavy atom. The van der Waals surface area contributed by atoms with Gasteiger partial charge in [0.25, 0.3) is 5.91 Å². The lowest BCUT2D eigenvalue weighted by atomic mass is 9.94. The largest absolute Gasteiger partial charge is 0.481 e. The van der Waals surface area contributed by atoms with Gasteiger partial charge in [0.2, 0.25) is 5.91 Å². The van der Waals surface area contributed by atoms with Gasteiger partial charge in [0, 0.05) is 11.1 Å². The smallest absolute Gasteiger partial charge is 0.352 e. The first-order chi connectivity index (χ1) is 13.2. The maximum atomic E-state index is 12.8. The van der Waals surface area contributed by atoms with E-state index in [2.05, 4.69) is 10.3 Å². The highest BCUT2D eigenvalue weighted by molar-refractivity contribution is 8.00. The molecule has 0 saturated carbocycles. The summed E-state index contributed by atoms with van der Waals surface area (Å²) >= 11 is 2.30. The van der Waals surface area contributed by atoms with E-state index in [9.17, 15) is 29.4 Å². The number of β-lactam (4-membered cyclic amide) rings is 1. The average molecular weight is 428 g/mol. The molecule has 28 heavy (non-hydrogen) atoms. The highest BCUT2D eigenvalue weighted by atomic mass is 32.2. The summed E-state index contributed by atoms with van der Waals surface area (Å²) < 4.78 is 0. The lowest BCUT2D eigenvalue weighted by Crippen LogP contribution is -2.70. The summed E-state index contributed by atoms with van der Waals surface area (Å²) in [7, 11) is 0. The third-order valence-corrected chi connectivity index (χ3v) is 6.15. The molecule has 150 valence electrons. The number of carbonyl (C=O) groups is 4. The van der Waals surface area contributed by atoms with Gasteiger partial charge in [-0.3, -0.25) is 19.3 Å². The quantitative estimate of drug-likeness (QED) is 0.338. The normalized spacial score (nSPS) is 23.1. The minimum absolute atomic E-state index is 0.0970. The molecule has 0 aromatic carbocycles. The maximum absolute atomic E-state index is 12.8. The van der Waals surface area contributed by atoms with E-state index < -0.39 is 53.6 Å². The minimum Gasteiger partial charge on any atom is -0.481 e. The Morgan fingerprint density at radius 2 is 2.11 bits per heavy atom. The summed E-state index contributed by atoms with van der Waals surface area (Å²) in [6.07, 6.45) is -0.875. The first kappa shape index (κ1) is 20.1. The maximum Gasteiger partial charge on any atom is 0.352 e. The number of thioether (sulfide) groups is 1. The molecular formula is C15H16N4O7S2. The van der Waals surface area contributed by atoms with Gasteiger partial charge >= 0.3 is 11.9 Å². The Kier molecular flexibility index (Phi) is 5.58. The van der Waals surface area contributed by atoms with Crippen molar-refractivity contribution in [3.8, 4) is 0 Å². The number of carboxylic acids is 2. The molecule has 2 unspecified atom stereocenters. The van der Waals surface area contributed by atoms with Crippen molar-refractivity contribution in [3.05, 3.63) is 22.8 Å². The summed E-state index contributed by atoms with van der Waals surface area (Å²) in [5.74, 6) is -4.91. The summed E-state index contributed by atoms with van der Waals surface area (Å²) in [5, 5.41) is 31.8. The lowest BCUT2D eigenvalue weighted by molar-refractivity contribution is -0.151. The van der Waals surface area contributed by atoms with E-state index in [0.29, 0.717) is 5.75 Å². The predicted molar refractivity (Wildman–Crippen MR) is 98.3 cm³/mol. The van der Waals surface area contributed by atoms with Gasteiger partial charge in [0.05, 0.1) is 18.2 Å². The number of nitrogens with one attached hydrogen (secondary N) is 1. The summed E-state index contributed by atoms with van der Waals surface area (Å²) in [4.78, 5) is 52.3. The number of fused-ring (bicyclic) bond motifs is 1. The van der Waals surface area contributed by atoms with Crippen LogP contribution in [0.4, 0.5) is 5.13 Å². The summed E-state index contributed by atoms with van der Waals surface area (Å²) in [6.45, 7) is 0. The number of hydrogen-bond acceptors (Lipinski definition) is 9. The minimum atomic E-state index is -1.58. The van der Waals surface area contributed by atoms with Crippen LogP contribution in [0.1, 0.15) is 18.0 Å². The van der Waals surface area contributed by atoms with Crippen LogP contribution in [-0.4, -0.2) is 72.2 Å². The molecule has 2 aliphatic heterocycles. The third-order valence-electron chi connectivity index (χ3n) is 4.27. The molecule has 6 N–H and O–H groups in total. The first-order valence-corrected chi connectivity index (χ1v) is 9.92. The van der Waals surface area contributed by atoms with E-state index in [1.54, 1.807) is 0 Å². The molecule has 0 bridgehead atoms. The summed E-state index contributed by atoms with van der Waals surface area (Å²) in [5.41, 5.74) is 5.51. The van der Waals surface area contributed by atoms with E-state index >= 15 is 0 Å². The van der Waals surface area contributed by atoms with Crippen LogP contribution < -0.4 is 11.1 Å². The molecule has 2 aliphatic rings. The topological polar surface area (TPSA) is 183 Å². The SMILES string of the molecule is Nc1nc(C(C(=O)N[C@@H]2C(=O)N3C(C(=O)O)=CCS[C@H]23)C(O)CC(=O)O)cs1. The number of nitrogens with zero attached hydrogens (tertiary/aromatic N) is 2. The van der Waals surface area contributed by atoms with Crippen LogP contribution in [0.25, 0.3) is 0 Å². The Morgan fingerprint density at radius 3 is 2.68 bits per heavy atom. The van der Waals surface area contributed by atoms with Crippen LogP contribution in [0, 0.1) is 0 Å². The Balaban J connectivity index is 1.77. The van der Waals surface area contributed by atoms with E-state index in [-0.39, 0.29) is 16.5 Å². The highest BCUT2D eigenvalue weighted by Crippen LogP contribution is 2.38. The van der Waals surface area contributed by atoms with Gasteiger partial charge in [0.15, 0.2) is 5.13 Å². The van der Waals surface area contributed by atoms with Crippen molar-refractivity contribution < 1.29 is 34.5 Å². The van der Waals surface area contributed by atoms with Crippen molar-refractivity contribution in [3.63, 3.8) is 0 Å². The average Bonchev–Trinajstić information content (AvgIpc) is 3.03. The molecule has 13 heteroatoms. The molecule has 1 aromatic heterocycles. The number of anilines is 1. The number of rotatable bonds is 7. The molecule has 4 atom stereocenters. The molecule has 11 nitrogen and oxygen atoms in total. The molecule has 0 spiro atoms. The van der Waals surface area contributed by atoms with Gasteiger partial charge in [-0.05, 0) is 6.08 Å². The number of carbonyl (C=O) groups excluding carboxylic acids is 2. The zero-order chi connectivity index (χ0) is 20.6. The highest BCUT2D eigenvalue weighted by Gasteiger charge is 2.53. The number of aliphatic carboxylic acids is 2. The molecule has 0 radical (unpaired) electrons. The number of thiazole rings is 1. The molecular weight excluding hydrogens is 412 g/mol. The Labute approximate surface area is 166 Å². The van der Waals surface area contributed by atoms with E-state index in [4.69, 9.17) is 10.8 Å². The molecule has 0 aliphatic carbocycles. The van der Waals surface area contributed by atoms with Crippen molar-refractivity contribution in [1.29, 1.82) is 0 Å². The number of aliphatic hydroxyl groups excluding tert-OH is 1. The predicted octanol–water partition coefficient (Wildman–Crippen LogP) is -0.987. The van der Waals surface area contributed by atoms with E-state index in [0.717, 1.165) is 16.2 Å². The van der Waals surface area contributed by atoms with Gasteiger partial charge < -0.3 is 26.4 Å². The summed E-state index contributed by atoms with van der Waals surface area (Å²) in [6, 6.07) is -0.990. The van der Waals surface area contributed by atoms with Gasteiger partial charge in [-0.15, -0.1) is 23.1 Å². The molecule has 1 saturated heterocycles. The number of aromatic nitrogens is 1. The molecule has 1 aromatic rings. The number of carboxylic acid groups (broad SMARTS) is 2. The number of amides is 2. The van der Waals surface area contributed by atoms with Crippen molar-refractivity contribution in [2.24, 2.45) is 0 Å². The van der Waals surface area contributed by atoms with Crippen LogP contribution >= 0.6 is 23.1 Å². The van der Waals surface area contributed by atoms with Crippen LogP contribution in [0.2, 0.25) is 0 Å². The second-order valence-electron chi connectivity index (χ2n) is 6.07. The van der Waals surface area contributed by atoms with Crippen molar-refractivity contribution in [2.75, 3.05) is 11.5 Å². The number of nitrogen functional groups attached to an aromatic ring is 1. The first-order valence-electron chi connectivity index (χ1n) is 8.00. The zero-order valence-corrected chi connectivity index (χ0v) is 15.8. The zero-order valence-electron chi connectivity index (χ0n) is 14.1. The molecule has 3 rings (SSSR count). The van der Waals surface area contributed by atoms with Crippen LogP contribution in [0.3, 0.4) is 0 Å². The van der Waals surface area contributed by atoms with Crippen molar-refractivity contribution >= 4 is 52.0 Å². The second-order valence-corrected chi connectivity index (χ2v) is 8.11. The van der Waals surface area contributed by atoms with Crippen molar-refractivity contribution in [2.45, 2.75) is 29.9 Å². The van der Waals surface area contributed by atoms with E-state index in [1.807, 2.05) is 0 Å². The van der Waals surface area contributed by atoms with Crippen LogP contribution in [0.5, 0.6) is 0 Å². The number of hydrogen-bond donors (Lipinski definition) is 5. The number of aliphatic hydroxyl groups is 1. The van der Waals surface area contributed by atoms with Gasteiger partial charge in [-0.25, -0.2) is 9.78 Å². The Hall–Kier alpha value is -2.64. The van der Waals surface area contributed by atoms with Gasteiger partial charge in [-0.1, -0.05) is 0 Å². The lowest BCUT2D eigenvalue weighted by Gasteiger charge is -2.48. The molecule has 3 heterocycles. The third kappa shape index (κ3) is 3.68. The standard InChI is InChI=1S/C15H16N4O7S2/c16-15-17-5(4-28-15)9(7(20)3-8(21)22)11(23)18-10-12(24)19-6(14(25)26)1-2-27-13(10)19/h1,4,7,9-10,13,20H,2-3H2,(H2,16,17)(H,18,23)(H,21,22)(H,25,26)/t7?,9?,10-,13-/m1/s1. The fourth-order valence-corrected chi connectivity index (χ4v) is 4.82. The fourth-order valence-electron chi connectivity index (χ4n) is 3.03. The van der Waals surface area contributed by atoms with Crippen LogP contribution in [0.15, 0.2) is 17.2 Å². The van der Waals surface area contributed by atoms with Crippen LogP contribution in [-0.2, 0) is 19.2 Å². The van der Waals surface area contributed by atoms with Crippen molar-refractivity contribution in [1.82, 2.24) is 15.2 Å². The second kappa shape index (κ2) is 7.77. The number of nitrogens with two attached hydrogens (primary N) is 1. The van der Waals surface area contributed by atoms with Gasteiger partial charge in [0.1, 0.15) is 23.0 Å². The van der Waals surface area contributed by atoms with Gasteiger partial charge in [-0.2, -0.15) is 0 Å².